The summed E-state index contributed by atoms with van der Waals surface area (Å²) in [7, 11) is -3.87. The molecule has 1 aromatic carbocycles. The van der Waals surface area contributed by atoms with E-state index >= 15 is 0 Å². The van der Waals surface area contributed by atoms with Crippen LogP contribution in [0, 0.1) is 0 Å². The molecule has 0 atom stereocenters. The predicted octanol–water partition coefficient (Wildman–Crippen LogP) is 2.09. The minimum atomic E-state index is -4.67. The minimum Gasteiger partial charge on any atom is -0.395 e. The molecule has 2 N–H and O–H groups in total. The van der Waals surface area contributed by atoms with E-state index in [4.69, 9.17) is 16.7 Å². The molecule has 0 unspecified atom stereocenters. The standard InChI is InChI=1S/C9H9ClF3NO3S/c10-8-2-1-6(5-7(8)9(11,12)13)14-18(16,17)4-3-15/h1-2,5,14-15H,3-4H2. The van der Waals surface area contributed by atoms with Crippen molar-refractivity contribution in [1.82, 2.24) is 0 Å². The summed E-state index contributed by atoms with van der Waals surface area (Å²) < 4.78 is 62.0. The van der Waals surface area contributed by atoms with E-state index in [2.05, 4.69) is 0 Å². The van der Waals surface area contributed by atoms with Crippen molar-refractivity contribution in [3.8, 4) is 0 Å². The Bertz CT molecular complexity index is 530. The summed E-state index contributed by atoms with van der Waals surface area (Å²) in [4.78, 5) is 0. The third-order valence-electron chi connectivity index (χ3n) is 1.91. The fourth-order valence-electron chi connectivity index (χ4n) is 1.16. The molecule has 18 heavy (non-hydrogen) atoms. The van der Waals surface area contributed by atoms with Crippen LogP contribution in [0.25, 0.3) is 0 Å². The van der Waals surface area contributed by atoms with Crippen molar-refractivity contribution >= 4 is 27.3 Å². The molecule has 0 amide bonds. The lowest BCUT2D eigenvalue weighted by Gasteiger charge is -2.12. The number of aliphatic hydroxyl groups excluding tert-OH is 1. The van der Waals surface area contributed by atoms with Gasteiger partial charge in [-0.05, 0) is 18.2 Å². The van der Waals surface area contributed by atoms with E-state index in [9.17, 15) is 21.6 Å². The molecule has 1 aromatic rings. The van der Waals surface area contributed by atoms with E-state index in [1.165, 1.54) is 0 Å². The molecule has 0 radical (unpaired) electrons. The van der Waals surface area contributed by atoms with Gasteiger partial charge < -0.3 is 5.11 Å². The molecule has 0 aromatic heterocycles. The topological polar surface area (TPSA) is 66.4 Å². The van der Waals surface area contributed by atoms with Crippen molar-refractivity contribution in [1.29, 1.82) is 0 Å². The maximum absolute atomic E-state index is 12.5. The lowest BCUT2D eigenvalue weighted by atomic mass is 10.2. The molecule has 0 heterocycles. The Morgan fingerprint density at radius 2 is 1.94 bits per heavy atom. The Labute approximate surface area is 106 Å². The highest BCUT2D eigenvalue weighted by Gasteiger charge is 2.33. The van der Waals surface area contributed by atoms with Gasteiger partial charge in [-0.15, -0.1) is 0 Å². The van der Waals surface area contributed by atoms with E-state index in [1.807, 2.05) is 4.72 Å². The first-order valence-corrected chi connectivity index (χ1v) is 6.67. The first-order valence-electron chi connectivity index (χ1n) is 4.64. The van der Waals surface area contributed by atoms with Gasteiger partial charge in [-0.3, -0.25) is 4.72 Å². The predicted molar refractivity (Wildman–Crippen MR) is 60.9 cm³/mol. The Hall–Kier alpha value is -0.990. The Morgan fingerprint density at radius 1 is 1.33 bits per heavy atom. The molecule has 0 fully saturated rings. The summed E-state index contributed by atoms with van der Waals surface area (Å²) in [6.45, 7) is -0.630. The first-order chi connectivity index (χ1) is 8.15. The van der Waals surface area contributed by atoms with E-state index in [1.54, 1.807) is 0 Å². The van der Waals surface area contributed by atoms with Gasteiger partial charge in [0, 0.05) is 5.69 Å². The molecule has 1 rings (SSSR count). The second kappa shape index (κ2) is 5.33. The van der Waals surface area contributed by atoms with Crippen molar-refractivity contribution in [2.45, 2.75) is 6.18 Å². The van der Waals surface area contributed by atoms with Crippen LogP contribution in [0.3, 0.4) is 0 Å². The maximum atomic E-state index is 12.5. The number of hydrogen-bond acceptors (Lipinski definition) is 3. The van der Waals surface area contributed by atoms with Crippen LogP contribution in [-0.4, -0.2) is 25.9 Å². The van der Waals surface area contributed by atoms with Gasteiger partial charge in [-0.25, -0.2) is 8.42 Å². The number of halogens is 4. The van der Waals surface area contributed by atoms with Crippen molar-refractivity contribution in [2.75, 3.05) is 17.1 Å². The summed E-state index contributed by atoms with van der Waals surface area (Å²) in [6, 6.07) is 2.64. The van der Waals surface area contributed by atoms with Crippen LogP contribution in [0.15, 0.2) is 18.2 Å². The van der Waals surface area contributed by atoms with Crippen LogP contribution in [0.2, 0.25) is 5.02 Å². The van der Waals surface area contributed by atoms with E-state index in [-0.39, 0.29) is 5.69 Å². The normalized spacial score (nSPS) is 12.5. The number of rotatable bonds is 4. The van der Waals surface area contributed by atoms with Gasteiger partial charge in [0.05, 0.1) is 22.9 Å². The molecule has 0 bridgehead atoms. The molecule has 0 aliphatic carbocycles. The lowest BCUT2D eigenvalue weighted by molar-refractivity contribution is -0.137. The van der Waals surface area contributed by atoms with Crippen molar-refractivity contribution in [2.24, 2.45) is 0 Å². The van der Waals surface area contributed by atoms with Crippen molar-refractivity contribution < 1.29 is 26.7 Å². The summed E-state index contributed by atoms with van der Waals surface area (Å²) >= 11 is 5.38. The number of aliphatic hydroxyl groups is 1. The quantitative estimate of drug-likeness (QED) is 0.895. The monoisotopic (exact) mass is 303 g/mol. The van der Waals surface area contributed by atoms with Gasteiger partial charge in [0.25, 0.3) is 0 Å². The maximum Gasteiger partial charge on any atom is 0.417 e. The number of sulfonamides is 1. The molecule has 102 valence electrons. The van der Waals surface area contributed by atoms with Crippen LogP contribution in [-0.2, 0) is 16.2 Å². The molecular weight excluding hydrogens is 295 g/mol. The zero-order chi connectivity index (χ0) is 14.0. The van der Waals surface area contributed by atoms with Gasteiger partial charge in [-0.2, -0.15) is 13.2 Å². The molecule has 4 nitrogen and oxygen atoms in total. The third kappa shape index (κ3) is 4.04. The smallest absolute Gasteiger partial charge is 0.395 e. The summed E-state index contributed by atoms with van der Waals surface area (Å²) in [5.74, 6) is -0.600. The minimum absolute atomic E-state index is 0.264. The highest BCUT2D eigenvalue weighted by molar-refractivity contribution is 7.92. The Balaban J connectivity index is 3.07. The number of benzene rings is 1. The van der Waals surface area contributed by atoms with E-state index in [0.29, 0.717) is 6.07 Å². The van der Waals surface area contributed by atoms with Gasteiger partial charge in [0.1, 0.15) is 0 Å². The highest BCUT2D eigenvalue weighted by Crippen LogP contribution is 2.36. The van der Waals surface area contributed by atoms with Crippen LogP contribution < -0.4 is 4.72 Å². The van der Waals surface area contributed by atoms with Crippen LogP contribution >= 0.6 is 11.6 Å². The number of alkyl halides is 3. The van der Waals surface area contributed by atoms with E-state index in [0.717, 1.165) is 12.1 Å². The SMILES string of the molecule is O=S(=O)(CCO)Nc1ccc(Cl)c(C(F)(F)F)c1. The molecule has 0 aliphatic rings. The summed E-state index contributed by atoms with van der Waals surface area (Å²) in [5, 5.41) is 7.97. The Kier molecular flexibility index (Phi) is 4.46. The molecule has 0 saturated carbocycles. The van der Waals surface area contributed by atoms with Crippen LogP contribution in [0.1, 0.15) is 5.56 Å². The summed E-state index contributed by atoms with van der Waals surface area (Å²) in [5.41, 5.74) is -1.39. The second-order valence-corrected chi connectivity index (χ2v) is 5.59. The number of hydrogen-bond donors (Lipinski definition) is 2. The average Bonchev–Trinajstić information content (AvgIpc) is 2.18. The highest BCUT2D eigenvalue weighted by atomic mass is 35.5. The van der Waals surface area contributed by atoms with Crippen molar-refractivity contribution in [3.63, 3.8) is 0 Å². The number of nitrogens with one attached hydrogen (secondary N) is 1. The van der Waals surface area contributed by atoms with Gasteiger partial charge in [0.15, 0.2) is 0 Å². The van der Waals surface area contributed by atoms with E-state index < -0.39 is 39.1 Å². The zero-order valence-corrected chi connectivity index (χ0v) is 10.4. The third-order valence-corrected chi connectivity index (χ3v) is 3.50. The van der Waals surface area contributed by atoms with Gasteiger partial charge in [-0.1, -0.05) is 11.6 Å². The van der Waals surface area contributed by atoms with Crippen LogP contribution in [0.4, 0.5) is 18.9 Å². The largest absolute Gasteiger partial charge is 0.417 e. The summed E-state index contributed by atoms with van der Waals surface area (Å²) in [6.07, 6.45) is -4.67. The second-order valence-electron chi connectivity index (χ2n) is 3.34. The van der Waals surface area contributed by atoms with Gasteiger partial charge in [0.2, 0.25) is 10.0 Å². The fourth-order valence-corrected chi connectivity index (χ4v) is 2.21. The zero-order valence-electron chi connectivity index (χ0n) is 8.83. The van der Waals surface area contributed by atoms with Crippen molar-refractivity contribution in [3.05, 3.63) is 28.8 Å². The molecular formula is C9H9ClF3NO3S. The fraction of sp³-hybridized carbons (Fsp3) is 0.333. The average molecular weight is 304 g/mol. The molecule has 0 saturated heterocycles. The van der Waals surface area contributed by atoms with Crippen LogP contribution in [0.5, 0.6) is 0 Å². The molecule has 9 heteroatoms. The molecule has 0 spiro atoms. The number of anilines is 1. The first kappa shape index (κ1) is 15.1. The Morgan fingerprint density at radius 3 is 2.44 bits per heavy atom. The lowest BCUT2D eigenvalue weighted by Crippen LogP contribution is -2.19. The molecule has 0 aliphatic heterocycles. The van der Waals surface area contributed by atoms with Gasteiger partial charge >= 0.3 is 6.18 Å².